The van der Waals surface area contributed by atoms with Gasteiger partial charge in [-0.2, -0.15) is 0 Å². The quantitative estimate of drug-likeness (QED) is 0.149. The molecule has 140 heavy (non-hydrogen) atoms. The van der Waals surface area contributed by atoms with Gasteiger partial charge in [0.1, 0.15) is 5.82 Å². The number of aromatic nitrogens is 4. The van der Waals surface area contributed by atoms with Crippen LogP contribution in [-0.2, 0) is 103 Å². The van der Waals surface area contributed by atoms with Crippen molar-refractivity contribution >= 4 is 68.4 Å². The molecule has 0 radical (unpaired) electrons. The lowest BCUT2D eigenvalue weighted by Crippen LogP contribution is -2.26. The summed E-state index contributed by atoms with van der Waals surface area (Å²) in [4.78, 5) is 29.0. The van der Waals surface area contributed by atoms with E-state index >= 15 is 0 Å². The Bertz CT molecular complexity index is 8090. The summed E-state index contributed by atoms with van der Waals surface area (Å²) in [5.74, 6) is 1.10. The van der Waals surface area contributed by atoms with Crippen LogP contribution in [0, 0.1) is 0 Å². The van der Waals surface area contributed by atoms with Crippen LogP contribution in [0.2, 0.25) is 0 Å². The van der Waals surface area contributed by atoms with Gasteiger partial charge in [0.05, 0.1) is 74.5 Å². The van der Waals surface area contributed by atoms with E-state index in [4.69, 9.17) is 9.97 Å². The monoisotopic (exact) mass is 1780 g/mol. The molecule has 0 atom stereocenters. The molecule has 0 unspecified atom stereocenters. The molecule has 0 N–H and O–H groups in total. The lowest BCUT2D eigenvalue weighted by Gasteiger charge is -2.40. The van der Waals surface area contributed by atoms with Crippen molar-refractivity contribution in [2.45, 2.75) is 103 Å². The summed E-state index contributed by atoms with van der Waals surface area (Å²) >= 11 is 0. The molecular weight excluding hydrogens is 1700 g/mol. The van der Waals surface area contributed by atoms with Crippen LogP contribution in [0.25, 0.3) is 89.0 Å². The molecule has 8 nitrogen and oxygen atoms in total. The van der Waals surface area contributed by atoms with E-state index in [0.29, 0.717) is 0 Å². The molecule has 20 aromatic rings. The third-order valence-corrected chi connectivity index (χ3v) is 34.1. The van der Waals surface area contributed by atoms with Crippen molar-refractivity contribution in [3.63, 3.8) is 0 Å². The van der Waals surface area contributed by atoms with Crippen molar-refractivity contribution in [2.75, 3.05) is 19.6 Å². The number of hydrogen-bond acceptors (Lipinski definition) is 8. The molecule has 8 heteroatoms. The molecular formula is C132H88N8. The minimum atomic E-state index is 0.905. The Morgan fingerprint density at radius 3 is 0.871 bits per heavy atom. The summed E-state index contributed by atoms with van der Waals surface area (Å²) in [7, 11) is 0. The molecule has 0 spiro atoms. The molecule has 0 saturated carbocycles. The molecule has 8 aliphatic heterocycles. The average Bonchev–Trinajstić information content (AvgIpc) is 1.32. The molecule has 0 bridgehead atoms. The van der Waals surface area contributed by atoms with Gasteiger partial charge in [0.15, 0.2) is 0 Å². The van der Waals surface area contributed by atoms with Crippen molar-refractivity contribution in [3.05, 3.63) is 519 Å². The Morgan fingerprint density at radius 2 is 0.450 bits per heavy atom. The lowest BCUT2D eigenvalue weighted by molar-refractivity contribution is 0.966. The minimum absolute atomic E-state index is 0.905. The predicted molar refractivity (Wildman–Crippen MR) is 564 cm³/mol. The molecule has 0 fully saturated rings. The summed E-state index contributed by atoms with van der Waals surface area (Å²) in [6.07, 6.45) is 27.9. The van der Waals surface area contributed by atoms with Gasteiger partial charge in [0.2, 0.25) is 0 Å². The Balaban J connectivity index is 0.0000000829. The average molecular weight is 1790 g/mol. The number of hydrogen-bond donors (Lipinski definition) is 0. The highest BCUT2D eigenvalue weighted by molar-refractivity contribution is 6.04. The largest absolute Gasteiger partial charge is 0.309 e. The van der Waals surface area contributed by atoms with Gasteiger partial charge in [-0.05, 0) is 367 Å². The van der Waals surface area contributed by atoms with E-state index in [1.54, 1.807) is 0 Å². The third kappa shape index (κ3) is 10.8. The van der Waals surface area contributed by atoms with E-state index < -0.39 is 0 Å². The standard InChI is InChI=1S/4C33H22N2/c1-3-9-26-19(6-1)12-22-15-23-17-29-31-24(13-20-7-2-4-10-27(20)31)16-25-14-21-8-5-11-34-33(21)35(32(25)29)30(23)18-28(22)26;1-3-8-25-19(6-1)12-21-14-22-16-28-32-23(13-20-7-2-4-9-26(20)32)15-24-17-29-30(10-5-11-34-29)35(33(24)28)31(22)18-27(21)25;1-3-7-26-19(5-1)11-21-13-22-16-29-32-23(12-20-6-2-4-8-27(20)32)14-24-15-25-18-34-10-9-30(25)35(33(24)29)31(22)17-28(21)26;1-3-7-26-19(5-1)11-22-14-23-16-29-32-24(12-20-6-2-4-8-27(20)32)15-25-13-21-9-10-34-18-31(21)35(33(25)29)30(23)17-28(22)26/h1-11,15-16,18H,12-14,17H2;1-11,14-15,18H,12-13,16-17H2;1-10,13-14,17-18H,11-12,15-16H2;1-10,14-15,17-18H,11-13,16H2. The highest BCUT2D eigenvalue weighted by atomic mass is 15.2. The first-order valence-corrected chi connectivity index (χ1v) is 50.3. The number of nitrogens with zero attached hydrogens (tertiary/aromatic N) is 8. The van der Waals surface area contributed by atoms with Crippen LogP contribution in [0.5, 0.6) is 0 Å². The predicted octanol–water partition coefficient (Wildman–Crippen LogP) is 30.0. The lowest BCUT2D eigenvalue weighted by atomic mass is 9.81. The van der Waals surface area contributed by atoms with Crippen LogP contribution < -0.4 is 19.6 Å². The van der Waals surface area contributed by atoms with Gasteiger partial charge in [-0.15, -0.1) is 0 Å². The normalized spacial score (nSPS) is 14.9. The van der Waals surface area contributed by atoms with E-state index in [1.807, 2.05) is 24.8 Å². The zero-order chi connectivity index (χ0) is 90.7. The SMILES string of the molecule is c1ccc2c(c1)Cc1cc3c(cc1-2)N1c2cccnc2Cc2cc4c(c(c21)C3)-c1ccccc1C4.c1ccc2c(c1)Cc1cc3c(cc1-2)N1c2ccncc2Cc2cc4c(c(c21)C3)-c1ccccc1C4.c1ccc2c(c1)Cc1cc3c(cc1-2)N1c2cnccc2Cc2cc4c(c(c21)C3)-c1ccccc1C4.c1ccc2c(c1)Cc1cc3c(cc1-2)N1c2ncccc2Cc2cc4c(c(c21)C3)-c1ccccc1C4. The molecule has 16 aromatic carbocycles. The van der Waals surface area contributed by atoms with Gasteiger partial charge in [0.25, 0.3) is 0 Å². The second-order valence-corrected chi connectivity index (χ2v) is 41.5. The Kier molecular flexibility index (Phi) is 15.6. The Hall–Kier alpha value is -16.7. The maximum absolute atomic E-state index is 4.95. The maximum atomic E-state index is 4.95. The summed E-state index contributed by atoms with van der Waals surface area (Å²) in [5, 5.41) is 0. The molecule has 12 heterocycles. The summed E-state index contributed by atoms with van der Waals surface area (Å²) < 4.78 is 0. The second-order valence-electron chi connectivity index (χ2n) is 41.5. The third-order valence-electron chi connectivity index (χ3n) is 34.1. The first kappa shape index (κ1) is 76.5. The fourth-order valence-electron chi connectivity index (χ4n) is 28.5. The van der Waals surface area contributed by atoms with Gasteiger partial charge < -0.3 is 14.7 Å². The highest BCUT2D eigenvalue weighted by Gasteiger charge is 2.45. The first-order chi connectivity index (χ1) is 69.3. The van der Waals surface area contributed by atoms with Crippen LogP contribution in [-0.4, -0.2) is 19.9 Å². The van der Waals surface area contributed by atoms with Gasteiger partial charge in [0, 0.05) is 82.4 Å². The van der Waals surface area contributed by atoms with E-state index in [1.165, 1.54) is 330 Å². The van der Waals surface area contributed by atoms with E-state index in [9.17, 15) is 0 Å². The van der Waals surface area contributed by atoms with Crippen molar-refractivity contribution in [2.24, 2.45) is 0 Å². The van der Waals surface area contributed by atoms with Crippen LogP contribution >= 0.6 is 0 Å². The van der Waals surface area contributed by atoms with Crippen LogP contribution in [0.4, 0.5) is 68.4 Å². The first-order valence-electron chi connectivity index (χ1n) is 50.3. The van der Waals surface area contributed by atoms with Gasteiger partial charge in [-0.1, -0.05) is 249 Å². The van der Waals surface area contributed by atoms with Crippen molar-refractivity contribution in [3.8, 4) is 89.0 Å². The fourth-order valence-corrected chi connectivity index (χ4v) is 28.5. The molecule has 0 saturated heterocycles. The minimum Gasteiger partial charge on any atom is -0.309 e. The summed E-state index contributed by atoms with van der Waals surface area (Å²) in [5.41, 5.74) is 83.5. The topological polar surface area (TPSA) is 64.5 Å². The summed E-state index contributed by atoms with van der Waals surface area (Å²) in [6, 6.07) is 114. The molecule has 4 aromatic heterocycles. The fraction of sp³-hybridized carbons (Fsp3) is 0.121. The molecule has 16 aliphatic rings. The van der Waals surface area contributed by atoms with E-state index in [2.05, 4.69) is 345 Å². The number of benzene rings is 16. The number of anilines is 12. The maximum Gasteiger partial charge on any atom is 0.141 e. The van der Waals surface area contributed by atoms with E-state index in [-0.39, 0.29) is 0 Å². The van der Waals surface area contributed by atoms with Crippen molar-refractivity contribution < 1.29 is 0 Å². The Morgan fingerprint density at radius 1 is 0.157 bits per heavy atom. The molecule has 8 aliphatic carbocycles. The van der Waals surface area contributed by atoms with Gasteiger partial charge in [-0.3, -0.25) is 19.9 Å². The smallest absolute Gasteiger partial charge is 0.141 e. The zero-order valence-corrected chi connectivity index (χ0v) is 77.2. The van der Waals surface area contributed by atoms with Crippen LogP contribution in [0.3, 0.4) is 0 Å². The zero-order valence-electron chi connectivity index (χ0n) is 77.2. The number of fused-ring (bicyclic) bond motifs is 44. The van der Waals surface area contributed by atoms with Crippen LogP contribution in [0.1, 0.15) is 178 Å². The van der Waals surface area contributed by atoms with E-state index in [0.717, 1.165) is 109 Å². The number of rotatable bonds is 0. The molecule has 36 rings (SSSR count). The second kappa shape index (κ2) is 28.5. The molecule has 0 amide bonds. The Labute approximate surface area is 812 Å². The highest BCUT2D eigenvalue weighted by Crippen LogP contribution is 2.64. The molecule has 656 valence electrons. The van der Waals surface area contributed by atoms with Crippen LogP contribution in [0.15, 0.2) is 340 Å². The van der Waals surface area contributed by atoms with Gasteiger partial charge in [-0.25, -0.2) is 4.98 Å². The van der Waals surface area contributed by atoms with Crippen molar-refractivity contribution in [1.82, 2.24) is 19.9 Å². The number of pyridine rings is 4. The summed E-state index contributed by atoms with van der Waals surface area (Å²) in [6.45, 7) is 0. The van der Waals surface area contributed by atoms with Crippen molar-refractivity contribution in [1.29, 1.82) is 0 Å². The van der Waals surface area contributed by atoms with Gasteiger partial charge >= 0.3 is 0 Å².